The van der Waals surface area contributed by atoms with E-state index in [2.05, 4.69) is 34.8 Å². The van der Waals surface area contributed by atoms with Crippen molar-refractivity contribution in [3.8, 4) is 0 Å². The monoisotopic (exact) mass is 336 g/mol. The Morgan fingerprint density at radius 3 is 2.75 bits per heavy atom. The molecule has 0 N–H and O–H groups in total. The minimum Gasteiger partial charge on any atom is -0.258 e. The van der Waals surface area contributed by atoms with Gasteiger partial charge in [-0.2, -0.15) is 0 Å². The fourth-order valence-electron chi connectivity index (χ4n) is 2.38. The quantitative estimate of drug-likeness (QED) is 0.459. The second-order valence-corrected chi connectivity index (χ2v) is 6.63. The third kappa shape index (κ3) is 3.33. The van der Waals surface area contributed by atoms with Gasteiger partial charge in [0.15, 0.2) is 0 Å². The molecule has 0 aliphatic heterocycles. The highest BCUT2D eigenvalue weighted by Crippen LogP contribution is 2.28. The molecule has 5 heteroatoms. The molecule has 4 nitrogen and oxygen atoms in total. The predicted molar refractivity (Wildman–Crippen MR) is 84.3 cm³/mol. The summed E-state index contributed by atoms with van der Waals surface area (Å²) in [4.78, 5) is 15.2. The van der Waals surface area contributed by atoms with Crippen LogP contribution in [0.5, 0.6) is 0 Å². The summed E-state index contributed by atoms with van der Waals surface area (Å²) in [6, 6.07) is 7.07. The number of pyridine rings is 1. The van der Waals surface area contributed by atoms with Crippen LogP contribution in [0.3, 0.4) is 0 Å². The fraction of sp³-hybridized carbons (Fsp3) is 0.400. The molecule has 0 spiro atoms. The van der Waals surface area contributed by atoms with Gasteiger partial charge in [0, 0.05) is 22.5 Å². The lowest BCUT2D eigenvalue weighted by molar-refractivity contribution is -0.383. The largest absolute Gasteiger partial charge is 0.295 e. The zero-order chi connectivity index (χ0) is 14.7. The minimum absolute atomic E-state index is 0.0688. The Morgan fingerprint density at radius 2 is 2.10 bits per heavy atom. The second-order valence-electron chi connectivity index (χ2n) is 5.33. The average Bonchev–Trinajstić information content (AvgIpc) is 2.37. The Balaban J connectivity index is 2.40. The van der Waals surface area contributed by atoms with Gasteiger partial charge in [-0.05, 0) is 30.4 Å². The van der Waals surface area contributed by atoms with Crippen LogP contribution in [-0.4, -0.2) is 14.7 Å². The van der Waals surface area contributed by atoms with E-state index in [1.807, 2.05) is 12.1 Å². The van der Waals surface area contributed by atoms with E-state index in [1.165, 1.54) is 6.07 Å². The molecule has 106 valence electrons. The predicted octanol–water partition coefficient (Wildman–Crippen LogP) is 4.50. The molecule has 2 rings (SSSR count). The lowest BCUT2D eigenvalue weighted by atomic mass is 9.99. The van der Waals surface area contributed by atoms with Crippen LogP contribution in [0, 0.1) is 16.0 Å². The third-order valence-corrected chi connectivity index (χ3v) is 3.90. The fourth-order valence-corrected chi connectivity index (χ4v) is 3.47. The maximum absolute atomic E-state index is 11.1. The molecule has 0 aliphatic carbocycles. The van der Waals surface area contributed by atoms with E-state index in [0.717, 1.165) is 23.8 Å². The molecule has 0 saturated carbocycles. The van der Waals surface area contributed by atoms with Crippen LogP contribution < -0.4 is 0 Å². The number of para-hydroxylation sites is 1. The number of halogens is 1. The number of alkyl halides is 1. The van der Waals surface area contributed by atoms with Crippen molar-refractivity contribution < 1.29 is 4.92 Å². The van der Waals surface area contributed by atoms with E-state index in [-0.39, 0.29) is 10.6 Å². The molecule has 0 saturated heterocycles. The van der Waals surface area contributed by atoms with Crippen LogP contribution in [0.15, 0.2) is 30.5 Å². The zero-order valence-electron chi connectivity index (χ0n) is 11.5. The number of hydrogen-bond acceptors (Lipinski definition) is 3. The summed E-state index contributed by atoms with van der Waals surface area (Å²) >= 11 is 3.69. The number of non-ortho nitro benzene ring substituents is 1. The van der Waals surface area contributed by atoms with E-state index in [0.29, 0.717) is 16.3 Å². The summed E-state index contributed by atoms with van der Waals surface area (Å²) in [6.07, 6.45) is 3.57. The summed E-state index contributed by atoms with van der Waals surface area (Å²) in [7, 11) is 0. The van der Waals surface area contributed by atoms with Crippen LogP contribution in [-0.2, 0) is 6.42 Å². The average molecular weight is 337 g/mol. The van der Waals surface area contributed by atoms with Crippen molar-refractivity contribution in [2.24, 2.45) is 5.92 Å². The molecule has 0 radical (unpaired) electrons. The van der Waals surface area contributed by atoms with Crippen molar-refractivity contribution in [2.75, 3.05) is 0 Å². The van der Waals surface area contributed by atoms with E-state index in [9.17, 15) is 10.1 Å². The van der Waals surface area contributed by atoms with Crippen LogP contribution >= 0.6 is 15.9 Å². The highest BCUT2D eigenvalue weighted by atomic mass is 79.9. The molecule has 1 heterocycles. The summed E-state index contributed by atoms with van der Waals surface area (Å²) in [5.74, 6) is 0.613. The van der Waals surface area contributed by atoms with E-state index in [4.69, 9.17) is 0 Å². The van der Waals surface area contributed by atoms with Crippen molar-refractivity contribution in [1.29, 1.82) is 0 Å². The summed E-state index contributed by atoms with van der Waals surface area (Å²) in [6.45, 7) is 4.37. The molecule has 0 amide bonds. The molecule has 0 fully saturated rings. The summed E-state index contributed by atoms with van der Waals surface area (Å²) < 4.78 is 0. The van der Waals surface area contributed by atoms with E-state index < -0.39 is 0 Å². The van der Waals surface area contributed by atoms with Crippen molar-refractivity contribution in [3.05, 3.63) is 46.1 Å². The van der Waals surface area contributed by atoms with Crippen molar-refractivity contribution in [2.45, 2.75) is 31.5 Å². The van der Waals surface area contributed by atoms with Gasteiger partial charge in [-0.25, -0.2) is 4.98 Å². The van der Waals surface area contributed by atoms with Gasteiger partial charge in [0.2, 0.25) is 0 Å². The third-order valence-electron chi connectivity index (χ3n) is 3.21. The molecule has 1 aromatic heterocycles. The first-order valence-electron chi connectivity index (χ1n) is 6.64. The lowest BCUT2D eigenvalue weighted by Crippen LogP contribution is -2.07. The standard InChI is InChI=1S/C15H17BrN2O2/c1-10(2)8-12(16)9-11-6-7-17-15-13(11)4-3-5-14(15)18(19)20/h3-7,10,12H,8-9H2,1-2H3. The maximum Gasteiger partial charge on any atom is 0.295 e. The molecule has 0 bridgehead atoms. The number of nitrogens with zero attached hydrogens (tertiary/aromatic N) is 2. The number of nitro benzene ring substituents is 1. The summed E-state index contributed by atoms with van der Waals surface area (Å²) in [5, 5.41) is 11.9. The zero-order valence-corrected chi connectivity index (χ0v) is 13.1. The van der Waals surface area contributed by atoms with Gasteiger partial charge < -0.3 is 0 Å². The Morgan fingerprint density at radius 1 is 1.35 bits per heavy atom. The van der Waals surface area contributed by atoms with E-state index >= 15 is 0 Å². The number of nitro groups is 1. The highest BCUT2D eigenvalue weighted by Gasteiger charge is 2.16. The smallest absolute Gasteiger partial charge is 0.258 e. The number of hydrogen-bond donors (Lipinski definition) is 0. The van der Waals surface area contributed by atoms with Gasteiger partial charge >= 0.3 is 0 Å². The number of fused-ring (bicyclic) bond motifs is 1. The van der Waals surface area contributed by atoms with Gasteiger partial charge in [-0.15, -0.1) is 0 Å². The Labute approximate surface area is 126 Å². The number of aromatic nitrogens is 1. The van der Waals surface area contributed by atoms with Gasteiger partial charge in [0.1, 0.15) is 5.52 Å². The minimum atomic E-state index is -0.376. The highest BCUT2D eigenvalue weighted by molar-refractivity contribution is 9.09. The van der Waals surface area contributed by atoms with Crippen molar-refractivity contribution in [3.63, 3.8) is 0 Å². The van der Waals surface area contributed by atoms with Gasteiger partial charge in [-0.1, -0.05) is 41.9 Å². The second kappa shape index (κ2) is 6.31. The van der Waals surface area contributed by atoms with Gasteiger partial charge in [0.25, 0.3) is 5.69 Å². The SMILES string of the molecule is CC(C)CC(Br)Cc1ccnc2c([N+](=O)[O-])cccc12. The molecule has 20 heavy (non-hydrogen) atoms. The van der Waals surface area contributed by atoms with Crippen molar-refractivity contribution in [1.82, 2.24) is 4.98 Å². The van der Waals surface area contributed by atoms with Crippen LogP contribution in [0.1, 0.15) is 25.8 Å². The van der Waals surface area contributed by atoms with Crippen LogP contribution in [0.4, 0.5) is 5.69 Å². The van der Waals surface area contributed by atoms with Crippen molar-refractivity contribution >= 4 is 32.5 Å². The normalized spacial score (nSPS) is 12.8. The molecule has 1 unspecified atom stereocenters. The Kier molecular flexibility index (Phi) is 4.70. The topological polar surface area (TPSA) is 56.0 Å². The Hall–Kier alpha value is -1.49. The lowest BCUT2D eigenvalue weighted by Gasteiger charge is -2.13. The van der Waals surface area contributed by atoms with Gasteiger partial charge in [0.05, 0.1) is 4.92 Å². The molecule has 2 aromatic rings. The maximum atomic E-state index is 11.1. The first-order valence-corrected chi connectivity index (χ1v) is 7.55. The summed E-state index contributed by atoms with van der Waals surface area (Å²) in [5.41, 5.74) is 1.64. The molecular formula is C15H17BrN2O2. The van der Waals surface area contributed by atoms with Gasteiger partial charge in [-0.3, -0.25) is 10.1 Å². The van der Waals surface area contributed by atoms with Crippen LogP contribution in [0.2, 0.25) is 0 Å². The molecule has 0 aliphatic rings. The molecular weight excluding hydrogens is 320 g/mol. The molecule has 1 aromatic carbocycles. The molecule has 1 atom stereocenters. The Bertz CT molecular complexity index is 628. The first kappa shape index (κ1) is 14.9. The van der Waals surface area contributed by atoms with Crippen LogP contribution in [0.25, 0.3) is 10.9 Å². The first-order chi connectivity index (χ1) is 9.49. The number of rotatable bonds is 5. The van der Waals surface area contributed by atoms with E-state index in [1.54, 1.807) is 12.3 Å². The number of benzene rings is 1.